The molecule has 0 bridgehead atoms. The quantitative estimate of drug-likeness (QED) is 0.871. The Morgan fingerprint density at radius 2 is 2.04 bits per heavy atom. The van der Waals surface area contributed by atoms with E-state index in [1.165, 1.54) is 18.4 Å². The average molecular weight is 331 g/mol. The van der Waals surface area contributed by atoms with Crippen LogP contribution < -0.4 is 15.4 Å². The normalized spacial score (nSPS) is 21.1. The van der Waals surface area contributed by atoms with Crippen molar-refractivity contribution in [2.75, 3.05) is 13.7 Å². The fraction of sp³-hybridized carbons (Fsp3) is 0.368. The van der Waals surface area contributed by atoms with Gasteiger partial charge in [0.05, 0.1) is 7.11 Å². The van der Waals surface area contributed by atoms with Crippen LogP contribution in [-0.2, 0) is 6.54 Å². The number of rotatable bonds is 5. The van der Waals surface area contributed by atoms with Gasteiger partial charge in [-0.2, -0.15) is 0 Å². The third kappa shape index (κ3) is 4.25. The molecule has 2 aromatic rings. The molecule has 0 aromatic heterocycles. The van der Waals surface area contributed by atoms with Crippen LogP contribution in [0.25, 0.3) is 0 Å². The topological polar surface area (TPSA) is 33.3 Å². The van der Waals surface area contributed by atoms with Gasteiger partial charge in [-0.25, -0.2) is 0 Å². The van der Waals surface area contributed by atoms with Crippen LogP contribution in [0.3, 0.4) is 0 Å². The Labute approximate surface area is 143 Å². The van der Waals surface area contributed by atoms with Gasteiger partial charge in [-0.3, -0.25) is 0 Å². The van der Waals surface area contributed by atoms with Crippen molar-refractivity contribution in [1.82, 2.24) is 10.6 Å². The van der Waals surface area contributed by atoms with Gasteiger partial charge in [-0.15, -0.1) is 0 Å². The molecule has 23 heavy (non-hydrogen) atoms. The summed E-state index contributed by atoms with van der Waals surface area (Å²) in [6, 6.07) is 17.3. The summed E-state index contributed by atoms with van der Waals surface area (Å²) in [5, 5.41) is 8.04. The van der Waals surface area contributed by atoms with Gasteiger partial charge < -0.3 is 15.4 Å². The van der Waals surface area contributed by atoms with Gasteiger partial charge in [0.2, 0.25) is 0 Å². The standard InChI is InChI=1S/C19H23ClN2O/c1-23-17-11-14(10-16(20)12-17)13-22-18-8-5-9-21-19(18)15-6-3-2-4-7-15/h2-4,6-7,10-12,18-19,21-22H,5,8-9,13H2,1H3. The van der Waals surface area contributed by atoms with E-state index in [1.807, 2.05) is 18.2 Å². The molecule has 122 valence electrons. The summed E-state index contributed by atoms with van der Waals surface area (Å²) in [7, 11) is 1.67. The van der Waals surface area contributed by atoms with E-state index in [2.05, 4.69) is 41.0 Å². The molecule has 0 spiro atoms. The first kappa shape index (κ1) is 16.3. The summed E-state index contributed by atoms with van der Waals surface area (Å²) in [5.41, 5.74) is 2.49. The van der Waals surface area contributed by atoms with Gasteiger partial charge in [0.15, 0.2) is 0 Å². The summed E-state index contributed by atoms with van der Waals surface area (Å²) in [6.45, 7) is 1.86. The van der Waals surface area contributed by atoms with Crippen LogP contribution in [0.15, 0.2) is 48.5 Å². The Balaban J connectivity index is 1.69. The number of methoxy groups -OCH3 is 1. The largest absolute Gasteiger partial charge is 0.497 e. The second kappa shape index (κ2) is 7.82. The maximum Gasteiger partial charge on any atom is 0.120 e. The molecule has 2 unspecified atom stereocenters. The zero-order valence-corrected chi connectivity index (χ0v) is 14.1. The molecule has 0 saturated carbocycles. The van der Waals surface area contributed by atoms with Crippen LogP contribution in [-0.4, -0.2) is 19.7 Å². The molecular formula is C19H23ClN2O. The number of benzene rings is 2. The van der Waals surface area contributed by atoms with Crippen molar-refractivity contribution in [1.29, 1.82) is 0 Å². The highest BCUT2D eigenvalue weighted by Gasteiger charge is 2.25. The number of hydrogen-bond donors (Lipinski definition) is 2. The van der Waals surface area contributed by atoms with E-state index in [9.17, 15) is 0 Å². The van der Waals surface area contributed by atoms with Crippen molar-refractivity contribution in [2.45, 2.75) is 31.5 Å². The first-order valence-electron chi connectivity index (χ1n) is 8.11. The van der Waals surface area contributed by atoms with Crippen molar-refractivity contribution in [3.63, 3.8) is 0 Å². The SMILES string of the molecule is COc1cc(Cl)cc(CNC2CCCNC2c2ccccc2)c1. The molecule has 2 N–H and O–H groups in total. The molecule has 1 saturated heterocycles. The maximum absolute atomic E-state index is 6.15. The van der Waals surface area contributed by atoms with E-state index in [-0.39, 0.29) is 0 Å². The van der Waals surface area contributed by atoms with Crippen molar-refractivity contribution < 1.29 is 4.74 Å². The highest BCUT2D eigenvalue weighted by molar-refractivity contribution is 6.30. The molecule has 4 heteroatoms. The Bertz CT molecular complexity index is 633. The number of ether oxygens (including phenoxy) is 1. The Kier molecular flexibility index (Phi) is 5.55. The molecule has 3 nitrogen and oxygen atoms in total. The summed E-state index contributed by atoms with van der Waals surface area (Å²) >= 11 is 6.15. The van der Waals surface area contributed by atoms with E-state index in [0.717, 1.165) is 24.4 Å². The van der Waals surface area contributed by atoms with E-state index in [0.29, 0.717) is 17.1 Å². The minimum Gasteiger partial charge on any atom is -0.497 e. The zero-order chi connectivity index (χ0) is 16.1. The molecule has 1 aliphatic heterocycles. The van der Waals surface area contributed by atoms with Gasteiger partial charge in [0.1, 0.15) is 5.75 Å². The first-order valence-corrected chi connectivity index (χ1v) is 8.49. The van der Waals surface area contributed by atoms with Gasteiger partial charge in [-0.1, -0.05) is 41.9 Å². The Hall–Kier alpha value is -1.55. The molecule has 2 atom stereocenters. The number of halogens is 1. The predicted octanol–water partition coefficient (Wildman–Crippen LogP) is 3.93. The minimum atomic E-state index is 0.353. The van der Waals surface area contributed by atoms with E-state index >= 15 is 0 Å². The van der Waals surface area contributed by atoms with Gasteiger partial charge >= 0.3 is 0 Å². The second-order valence-electron chi connectivity index (χ2n) is 5.97. The molecule has 0 amide bonds. The van der Waals surface area contributed by atoms with Crippen LogP contribution in [0, 0.1) is 0 Å². The van der Waals surface area contributed by atoms with Crippen LogP contribution in [0.4, 0.5) is 0 Å². The fourth-order valence-electron chi connectivity index (χ4n) is 3.21. The Morgan fingerprint density at radius 3 is 2.83 bits per heavy atom. The van der Waals surface area contributed by atoms with Crippen molar-refractivity contribution in [3.8, 4) is 5.75 Å². The number of piperidine rings is 1. The number of nitrogens with one attached hydrogen (secondary N) is 2. The van der Waals surface area contributed by atoms with Crippen molar-refractivity contribution in [3.05, 3.63) is 64.7 Å². The van der Waals surface area contributed by atoms with E-state index in [1.54, 1.807) is 7.11 Å². The number of hydrogen-bond acceptors (Lipinski definition) is 3. The predicted molar refractivity (Wildman–Crippen MR) is 95.1 cm³/mol. The molecular weight excluding hydrogens is 308 g/mol. The molecule has 0 radical (unpaired) electrons. The summed E-state index contributed by atoms with van der Waals surface area (Å²) in [4.78, 5) is 0. The van der Waals surface area contributed by atoms with E-state index < -0.39 is 0 Å². The van der Waals surface area contributed by atoms with Crippen LogP contribution >= 0.6 is 11.6 Å². The molecule has 0 aliphatic carbocycles. The van der Waals surface area contributed by atoms with Gasteiger partial charge in [0, 0.05) is 23.7 Å². The fourth-order valence-corrected chi connectivity index (χ4v) is 3.46. The molecule has 3 rings (SSSR count). The Morgan fingerprint density at radius 1 is 1.22 bits per heavy atom. The van der Waals surface area contributed by atoms with Crippen molar-refractivity contribution in [2.24, 2.45) is 0 Å². The van der Waals surface area contributed by atoms with Crippen LogP contribution in [0.1, 0.15) is 30.0 Å². The summed E-state index contributed by atoms with van der Waals surface area (Å²) in [6.07, 6.45) is 2.37. The zero-order valence-electron chi connectivity index (χ0n) is 13.4. The van der Waals surface area contributed by atoms with Crippen LogP contribution in [0.2, 0.25) is 5.02 Å². The lowest BCUT2D eigenvalue weighted by Crippen LogP contribution is -2.45. The highest BCUT2D eigenvalue weighted by Crippen LogP contribution is 2.25. The third-order valence-electron chi connectivity index (χ3n) is 4.35. The third-order valence-corrected chi connectivity index (χ3v) is 4.57. The summed E-state index contributed by atoms with van der Waals surface area (Å²) < 4.78 is 5.29. The maximum atomic E-state index is 6.15. The highest BCUT2D eigenvalue weighted by atomic mass is 35.5. The smallest absolute Gasteiger partial charge is 0.120 e. The molecule has 1 heterocycles. The second-order valence-corrected chi connectivity index (χ2v) is 6.41. The molecule has 1 aliphatic rings. The molecule has 2 aromatic carbocycles. The van der Waals surface area contributed by atoms with Gasteiger partial charge in [0.25, 0.3) is 0 Å². The van der Waals surface area contributed by atoms with E-state index in [4.69, 9.17) is 16.3 Å². The molecule has 1 fully saturated rings. The lowest BCUT2D eigenvalue weighted by Gasteiger charge is -2.34. The lowest BCUT2D eigenvalue weighted by atomic mass is 9.92. The van der Waals surface area contributed by atoms with Crippen molar-refractivity contribution >= 4 is 11.6 Å². The summed E-state index contributed by atoms with van der Waals surface area (Å²) in [5.74, 6) is 0.802. The van der Waals surface area contributed by atoms with Crippen LogP contribution in [0.5, 0.6) is 5.75 Å². The lowest BCUT2D eigenvalue weighted by molar-refractivity contribution is 0.304. The first-order chi connectivity index (χ1) is 11.3. The average Bonchev–Trinajstić information content (AvgIpc) is 2.60. The van der Waals surface area contributed by atoms with Gasteiger partial charge in [-0.05, 0) is 48.7 Å². The monoisotopic (exact) mass is 330 g/mol. The minimum absolute atomic E-state index is 0.353.